The standard InChI is InChI=1S/C38H49N3O3S/c1-6-40(7-2)30-17-15-28(16-18-30)38(33-21-19-31(25-27(33)5)41(8-3)9-4)35-23-24-37(39-29-13-11-10-12-14-29)36-26-32(45(42,43)44)20-22-34(35)36/h15-26,29,38-39H,6-14H2,1-5H3,(H,42,43,44). The molecule has 7 heteroatoms. The van der Waals surface area contributed by atoms with Crippen molar-refractivity contribution in [2.45, 2.75) is 83.6 Å². The fourth-order valence-corrected chi connectivity index (χ4v) is 7.62. The Kier molecular flexibility index (Phi) is 10.4. The van der Waals surface area contributed by atoms with E-state index < -0.39 is 10.1 Å². The largest absolute Gasteiger partial charge is 0.382 e. The van der Waals surface area contributed by atoms with Crippen LogP contribution < -0.4 is 15.1 Å². The summed E-state index contributed by atoms with van der Waals surface area (Å²) in [7, 11) is -4.36. The maximum atomic E-state index is 12.3. The van der Waals surface area contributed by atoms with E-state index in [9.17, 15) is 13.0 Å². The van der Waals surface area contributed by atoms with E-state index in [0.29, 0.717) is 6.04 Å². The number of nitrogens with one attached hydrogen (secondary N) is 1. The van der Waals surface area contributed by atoms with Gasteiger partial charge in [0.15, 0.2) is 0 Å². The molecule has 0 saturated heterocycles. The monoisotopic (exact) mass is 627 g/mol. The Balaban J connectivity index is 1.71. The molecule has 0 radical (unpaired) electrons. The van der Waals surface area contributed by atoms with Crippen LogP contribution in [0.1, 0.15) is 88.0 Å². The highest BCUT2D eigenvalue weighted by atomic mass is 32.2. The topological polar surface area (TPSA) is 72.9 Å². The van der Waals surface area contributed by atoms with E-state index in [-0.39, 0.29) is 10.8 Å². The van der Waals surface area contributed by atoms with Crippen molar-refractivity contribution in [2.24, 2.45) is 0 Å². The molecule has 6 nitrogen and oxygen atoms in total. The smallest absolute Gasteiger partial charge is 0.294 e. The average Bonchev–Trinajstić information content (AvgIpc) is 3.04. The van der Waals surface area contributed by atoms with E-state index in [1.165, 1.54) is 53.4 Å². The number of anilines is 3. The van der Waals surface area contributed by atoms with Gasteiger partial charge in [0.1, 0.15) is 0 Å². The fourth-order valence-electron chi connectivity index (χ4n) is 7.12. The van der Waals surface area contributed by atoms with Crippen LogP contribution in [0.3, 0.4) is 0 Å². The van der Waals surface area contributed by atoms with Crippen molar-refractivity contribution in [1.82, 2.24) is 0 Å². The van der Waals surface area contributed by atoms with Gasteiger partial charge in [0, 0.05) is 60.6 Å². The highest BCUT2D eigenvalue weighted by Gasteiger charge is 2.25. The lowest BCUT2D eigenvalue weighted by Crippen LogP contribution is -2.22. The van der Waals surface area contributed by atoms with E-state index in [1.807, 2.05) is 6.07 Å². The SMILES string of the molecule is CCN(CC)c1ccc(C(c2ccc(N(CC)CC)cc2C)c2ccc(NC3CCCCC3)c3cc(S(=O)(=O)O)ccc23)cc1. The summed E-state index contributed by atoms with van der Waals surface area (Å²) in [5.74, 6) is -0.0793. The average molecular weight is 628 g/mol. The number of nitrogens with zero attached hydrogens (tertiary/aromatic N) is 2. The normalized spacial score (nSPS) is 14.8. The van der Waals surface area contributed by atoms with Crippen LogP contribution in [0.5, 0.6) is 0 Å². The molecule has 0 aromatic heterocycles. The van der Waals surface area contributed by atoms with Gasteiger partial charge in [-0.1, -0.05) is 49.6 Å². The molecule has 4 aromatic carbocycles. The molecule has 0 heterocycles. The van der Waals surface area contributed by atoms with Gasteiger partial charge in [-0.25, -0.2) is 0 Å². The van der Waals surface area contributed by atoms with E-state index >= 15 is 0 Å². The Morgan fingerprint density at radius 2 is 1.33 bits per heavy atom. The quantitative estimate of drug-likeness (QED) is 0.121. The molecule has 4 aromatic rings. The van der Waals surface area contributed by atoms with Crippen LogP contribution in [0.15, 0.2) is 77.7 Å². The second kappa shape index (κ2) is 14.3. The number of benzene rings is 4. The third-order valence-corrected chi connectivity index (χ3v) is 10.5. The molecule has 0 amide bonds. The Labute approximate surface area is 270 Å². The van der Waals surface area contributed by atoms with Crippen LogP contribution in [0.25, 0.3) is 10.8 Å². The summed E-state index contributed by atoms with van der Waals surface area (Å²) in [6.07, 6.45) is 5.84. The Morgan fingerprint density at radius 3 is 1.93 bits per heavy atom. The minimum absolute atomic E-state index is 0.0793. The van der Waals surface area contributed by atoms with Crippen LogP contribution in [0.2, 0.25) is 0 Å². The molecule has 1 aliphatic rings. The molecule has 240 valence electrons. The van der Waals surface area contributed by atoms with Gasteiger partial charge >= 0.3 is 0 Å². The molecular formula is C38H49N3O3S. The van der Waals surface area contributed by atoms with Gasteiger partial charge in [-0.05, 0) is 118 Å². The van der Waals surface area contributed by atoms with E-state index in [0.717, 1.165) is 61.0 Å². The van der Waals surface area contributed by atoms with Crippen molar-refractivity contribution < 1.29 is 13.0 Å². The summed E-state index contributed by atoms with van der Waals surface area (Å²) < 4.78 is 34.6. The zero-order chi connectivity index (χ0) is 32.1. The van der Waals surface area contributed by atoms with Crippen LogP contribution in [-0.2, 0) is 10.1 Å². The Hall–Kier alpha value is -3.55. The van der Waals surface area contributed by atoms with Gasteiger partial charge in [-0.3, -0.25) is 4.55 Å². The predicted molar refractivity (Wildman–Crippen MR) is 190 cm³/mol. The predicted octanol–water partition coefficient (Wildman–Crippen LogP) is 9.01. The van der Waals surface area contributed by atoms with Crippen molar-refractivity contribution >= 4 is 38.0 Å². The van der Waals surface area contributed by atoms with Crippen LogP contribution in [0.4, 0.5) is 17.1 Å². The van der Waals surface area contributed by atoms with Crippen molar-refractivity contribution in [3.8, 4) is 0 Å². The first-order valence-corrected chi connectivity index (χ1v) is 18.1. The molecular weight excluding hydrogens is 579 g/mol. The minimum Gasteiger partial charge on any atom is -0.382 e. The van der Waals surface area contributed by atoms with E-state index in [2.05, 4.69) is 104 Å². The maximum absolute atomic E-state index is 12.3. The van der Waals surface area contributed by atoms with Crippen LogP contribution in [0, 0.1) is 6.92 Å². The summed E-state index contributed by atoms with van der Waals surface area (Å²) in [5, 5.41) is 5.53. The molecule has 0 spiro atoms. The van der Waals surface area contributed by atoms with Crippen molar-refractivity contribution in [3.63, 3.8) is 0 Å². The lowest BCUT2D eigenvalue weighted by molar-refractivity contribution is 0.463. The number of hydrogen-bond donors (Lipinski definition) is 2. The van der Waals surface area contributed by atoms with Gasteiger partial charge in [-0.2, -0.15) is 8.42 Å². The maximum Gasteiger partial charge on any atom is 0.294 e. The summed E-state index contributed by atoms with van der Waals surface area (Å²) in [4.78, 5) is 4.63. The molecule has 45 heavy (non-hydrogen) atoms. The molecule has 1 atom stereocenters. The van der Waals surface area contributed by atoms with Crippen molar-refractivity contribution in [2.75, 3.05) is 41.3 Å². The molecule has 1 fully saturated rings. The first kappa shape index (κ1) is 32.8. The second-order valence-corrected chi connectivity index (χ2v) is 13.7. The first-order valence-electron chi connectivity index (χ1n) is 16.7. The van der Waals surface area contributed by atoms with Gasteiger partial charge in [0.05, 0.1) is 4.90 Å². The molecule has 5 rings (SSSR count). The number of rotatable bonds is 12. The summed E-state index contributed by atoms with van der Waals surface area (Å²) in [6.45, 7) is 14.7. The molecule has 0 bridgehead atoms. The van der Waals surface area contributed by atoms with E-state index in [4.69, 9.17) is 0 Å². The van der Waals surface area contributed by atoms with Gasteiger partial charge in [-0.15, -0.1) is 0 Å². The third kappa shape index (κ3) is 7.15. The lowest BCUT2D eigenvalue weighted by atomic mass is 9.80. The Morgan fingerprint density at radius 1 is 0.733 bits per heavy atom. The van der Waals surface area contributed by atoms with Crippen LogP contribution in [-0.4, -0.2) is 45.2 Å². The highest BCUT2D eigenvalue weighted by Crippen LogP contribution is 2.42. The summed E-state index contributed by atoms with van der Waals surface area (Å²) >= 11 is 0. The number of hydrogen-bond acceptors (Lipinski definition) is 5. The number of fused-ring (bicyclic) bond motifs is 1. The fraction of sp³-hybridized carbons (Fsp3) is 0.421. The summed E-state index contributed by atoms with van der Waals surface area (Å²) in [6, 6.07) is 25.4. The van der Waals surface area contributed by atoms with Gasteiger partial charge < -0.3 is 15.1 Å². The third-order valence-electron chi connectivity index (χ3n) is 9.64. The lowest BCUT2D eigenvalue weighted by Gasteiger charge is -2.28. The zero-order valence-corrected chi connectivity index (χ0v) is 28.3. The van der Waals surface area contributed by atoms with Crippen LogP contribution >= 0.6 is 0 Å². The minimum atomic E-state index is -4.36. The summed E-state index contributed by atoms with van der Waals surface area (Å²) in [5.41, 5.74) is 8.04. The van der Waals surface area contributed by atoms with Crippen molar-refractivity contribution in [3.05, 3.63) is 95.1 Å². The first-order chi connectivity index (χ1) is 21.7. The molecule has 2 N–H and O–H groups in total. The highest BCUT2D eigenvalue weighted by molar-refractivity contribution is 7.85. The van der Waals surface area contributed by atoms with Gasteiger partial charge in [0.25, 0.3) is 10.1 Å². The van der Waals surface area contributed by atoms with Crippen molar-refractivity contribution in [1.29, 1.82) is 0 Å². The molecule has 0 aliphatic heterocycles. The van der Waals surface area contributed by atoms with Gasteiger partial charge in [0.2, 0.25) is 0 Å². The second-order valence-electron chi connectivity index (χ2n) is 12.3. The molecule has 1 aliphatic carbocycles. The molecule has 1 saturated carbocycles. The Bertz CT molecular complexity index is 1700. The number of aryl methyl sites for hydroxylation is 1. The molecule has 1 unspecified atom stereocenters. The zero-order valence-electron chi connectivity index (χ0n) is 27.5. The van der Waals surface area contributed by atoms with E-state index in [1.54, 1.807) is 6.07 Å².